The van der Waals surface area contributed by atoms with Gasteiger partial charge in [-0.2, -0.15) is 0 Å². The Morgan fingerprint density at radius 2 is 1.94 bits per heavy atom. The summed E-state index contributed by atoms with van der Waals surface area (Å²) in [5.74, 6) is 0.0450. The molecule has 0 aliphatic heterocycles. The first-order valence-corrected chi connectivity index (χ1v) is 5.82. The average Bonchev–Trinajstić information content (AvgIpc) is 2.13. The van der Waals surface area contributed by atoms with Crippen molar-refractivity contribution in [3.8, 4) is 0 Å². The predicted molar refractivity (Wildman–Crippen MR) is 73.4 cm³/mol. The Kier molecular flexibility index (Phi) is 9.77. The number of carbonyl (C=O) groups is 1. The molecule has 0 aromatic heterocycles. The minimum atomic E-state index is 0. The monoisotopic (exact) mass is 266 g/mol. The molecule has 0 saturated carbocycles. The summed E-state index contributed by atoms with van der Waals surface area (Å²) < 4.78 is 5.35. The van der Waals surface area contributed by atoms with E-state index >= 15 is 0 Å². The first-order valence-electron chi connectivity index (χ1n) is 5.82. The van der Waals surface area contributed by atoms with Crippen LogP contribution < -0.4 is 11.1 Å². The number of methoxy groups -OCH3 is 1. The summed E-state index contributed by atoms with van der Waals surface area (Å²) in [6.45, 7) is 8.73. The quantitative estimate of drug-likeness (QED) is 0.769. The van der Waals surface area contributed by atoms with E-state index in [1.807, 2.05) is 6.92 Å². The van der Waals surface area contributed by atoms with Gasteiger partial charge in [0, 0.05) is 26.1 Å². The lowest BCUT2D eigenvalue weighted by Gasteiger charge is -2.29. The Morgan fingerprint density at radius 3 is 2.29 bits per heavy atom. The minimum absolute atomic E-state index is 0. The highest BCUT2D eigenvalue weighted by molar-refractivity contribution is 5.85. The maximum Gasteiger partial charge on any atom is 0.220 e. The summed E-state index contributed by atoms with van der Waals surface area (Å²) in [6, 6.07) is 0.0755. The van der Waals surface area contributed by atoms with Crippen LogP contribution >= 0.6 is 12.4 Å². The van der Waals surface area contributed by atoms with Crippen LogP contribution in [0.25, 0.3) is 0 Å². The Bertz CT molecular complexity index is 215. The van der Waals surface area contributed by atoms with Gasteiger partial charge in [-0.15, -0.1) is 12.4 Å². The van der Waals surface area contributed by atoms with Gasteiger partial charge in [-0.3, -0.25) is 4.79 Å². The van der Waals surface area contributed by atoms with E-state index in [0.717, 1.165) is 6.42 Å². The molecule has 104 valence electrons. The molecular weight excluding hydrogens is 240 g/mol. The molecule has 0 heterocycles. The Balaban J connectivity index is 0. The molecule has 0 fully saturated rings. The molecule has 0 bridgehead atoms. The van der Waals surface area contributed by atoms with Crippen LogP contribution in [0.3, 0.4) is 0 Å². The second kappa shape index (κ2) is 8.72. The third-order valence-electron chi connectivity index (χ3n) is 2.56. The summed E-state index contributed by atoms with van der Waals surface area (Å²) in [5.41, 5.74) is 5.62. The van der Waals surface area contributed by atoms with Crippen molar-refractivity contribution in [3.05, 3.63) is 0 Å². The van der Waals surface area contributed by atoms with Crippen molar-refractivity contribution in [2.45, 2.75) is 52.7 Å². The number of carbonyl (C=O) groups excluding carboxylic acids is 1. The largest absolute Gasteiger partial charge is 0.379 e. The maximum absolute atomic E-state index is 11.5. The lowest BCUT2D eigenvalue weighted by atomic mass is 9.89. The Labute approximate surface area is 111 Å². The van der Waals surface area contributed by atoms with Crippen LogP contribution in [0.5, 0.6) is 0 Å². The number of hydrogen-bond donors (Lipinski definition) is 2. The van der Waals surface area contributed by atoms with E-state index in [0.29, 0.717) is 13.0 Å². The van der Waals surface area contributed by atoms with E-state index in [4.69, 9.17) is 10.5 Å². The molecule has 2 unspecified atom stereocenters. The molecule has 5 heteroatoms. The fraction of sp³-hybridized carbons (Fsp3) is 0.917. The second-order valence-electron chi connectivity index (χ2n) is 5.41. The minimum Gasteiger partial charge on any atom is -0.379 e. The van der Waals surface area contributed by atoms with Gasteiger partial charge >= 0.3 is 0 Å². The van der Waals surface area contributed by atoms with Crippen LogP contribution in [0.2, 0.25) is 0 Å². The van der Waals surface area contributed by atoms with E-state index in [9.17, 15) is 4.79 Å². The zero-order chi connectivity index (χ0) is 12.8. The number of nitrogens with one attached hydrogen (secondary N) is 1. The van der Waals surface area contributed by atoms with Crippen LogP contribution in [0.4, 0.5) is 0 Å². The number of hydrogen-bond acceptors (Lipinski definition) is 3. The molecule has 0 aromatic carbocycles. The summed E-state index contributed by atoms with van der Waals surface area (Å²) in [5, 5.41) is 2.88. The Hall–Kier alpha value is -0.320. The molecule has 17 heavy (non-hydrogen) atoms. The van der Waals surface area contributed by atoms with Crippen molar-refractivity contribution in [2.75, 3.05) is 13.7 Å². The predicted octanol–water partition coefficient (Wildman–Crippen LogP) is 1.71. The number of rotatable bonds is 6. The van der Waals surface area contributed by atoms with E-state index in [2.05, 4.69) is 26.1 Å². The molecule has 4 nitrogen and oxygen atoms in total. The second-order valence-corrected chi connectivity index (χ2v) is 5.41. The smallest absolute Gasteiger partial charge is 0.220 e. The van der Waals surface area contributed by atoms with Gasteiger partial charge in [0.25, 0.3) is 0 Å². The van der Waals surface area contributed by atoms with Crippen molar-refractivity contribution in [1.29, 1.82) is 0 Å². The van der Waals surface area contributed by atoms with Crippen molar-refractivity contribution >= 4 is 18.3 Å². The first-order chi connectivity index (χ1) is 7.27. The third-order valence-corrected chi connectivity index (χ3v) is 2.56. The normalized spacial score (nSPS) is 14.7. The van der Waals surface area contributed by atoms with Crippen molar-refractivity contribution in [3.63, 3.8) is 0 Å². The number of halogens is 1. The first kappa shape index (κ1) is 19.0. The molecular formula is C12H27ClN2O2. The number of nitrogens with two attached hydrogens (primary N) is 1. The van der Waals surface area contributed by atoms with E-state index in [1.165, 1.54) is 0 Å². The van der Waals surface area contributed by atoms with Gasteiger partial charge in [-0.05, 0) is 18.8 Å². The van der Waals surface area contributed by atoms with Crippen LogP contribution in [-0.4, -0.2) is 31.7 Å². The molecule has 0 saturated heterocycles. The maximum atomic E-state index is 11.5. The van der Waals surface area contributed by atoms with Crippen molar-refractivity contribution in [1.82, 2.24) is 5.32 Å². The van der Waals surface area contributed by atoms with Gasteiger partial charge < -0.3 is 15.8 Å². The average molecular weight is 267 g/mol. The molecule has 0 aliphatic carbocycles. The fourth-order valence-electron chi connectivity index (χ4n) is 1.40. The molecule has 3 N–H and O–H groups in total. The van der Waals surface area contributed by atoms with Gasteiger partial charge in [0.2, 0.25) is 5.91 Å². The number of amides is 1. The van der Waals surface area contributed by atoms with Crippen LogP contribution in [0.15, 0.2) is 0 Å². The highest BCUT2D eigenvalue weighted by Gasteiger charge is 2.24. The van der Waals surface area contributed by atoms with Crippen LogP contribution in [0, 0.1) is 5.41 Å². The van der Waals surface area contributed by atoms with E-state index in [-0.39, 0.29) is 35.9 Å². The summed E-state index contributed by atoms with van der Waals surface area (Å²) >= 11 is 0. The number of ether oxygens (including phenoxy) is 1. The zero-order valence-electron chi connectivity index (χ0n) is 11.6. The third kappa shape index (κ3) is 9.39. The molecule has 1 amide bonds. The molecule has 0 rings (SSSR count). The fourth-order valence-corrected chi connectivity index (χ4v) is 1.40. The topological polar surface area (TPSA) is 64.3 Å². The highest BCUT2D eigenvalue weighted by Crippen LogP contribution is 2.20. The Morgan fingerprint density at radius 1 is 1.41 bits per heavy atom. The van der Waals surface area contributed by atoms with Gasteiger partial charge in [0.05, 0.1) is 6.10 Å². The summed E-state index contributed by atoms with van der Waals surface area (Å²) in [6.07, 6.45) is 1.24. The van der Waals surface area contributed by atoms with Gasteiger partial charge in [0.1, 0.15) is 0 Å². The molecule has 2 atom stereocenters. The van der Waals surface area contributed by atoms with Gasteiger partial charge in [0.15, 0.2) is 0 Å². The standard InChI is InChI=1S/C12H26N2O2.ClH/c1-9(13)6-7-11(15)14-8-10(16-5)12(2,3)4;/h9-10H,6-8,13H2,1-5H3,(H,14,15);1H. The molecule has 0 spiro atoms. The zero-order valence-corrected chi connectivity index (χ0v) is 12.4. The summed E-state index contributed by atoms with van der Waals surface area (Å²) in [4.78, 5) is 11.5. The van der Waals surface area contributed by atoms with Crippen LogP contribution in [0.1, 0.15) is 40.5 Å². The molecule has 0 aromatic rings. The lowest BCUT2D eigenvalue weighted by Crippen LogP contribution is -2.40. The van der Waals surface area contributed by atoms with Gasteiger partial charge in [-0.1, -0.05) is 20.8 Å². The highest BCUT2D eigenvalue weighted by atomic mass is 35.5. The van der Waals surface area contributed by atoms with E-state index < -0.39 is 0 Å². The SMILES string of the molecule is COC(CNC(=O)CCC(C)N)C(C)(C)C.Cl. The van der Waals surface area contributed by atoms with Gasteiger partial charge in [-0.25, -0.2) is 0 Å². The van der Waals surface area contributed by atoms with Crippen molar-refractivity contribution < 1.29 is 9.53 Å². The van der Waals surface area contributed by atoms with Crippen LogP contribution in [-0.2, 0) is 9.53 Å². The molecule has 0 aliphatic rings. The molecule has 0 radical (unpaired) electrons. The van der Waals surface area contributed by atoms with Crippen molar-refractivity contribution in [2.24, 2.45) is 11.1 Å². The van der Waals surface area contributed by atoms with E-state index in [1.54, 1.807) is 7.11 Å². The summed E-state index contributed by atoms with van der Waals surface area (Å²) in [7, 11) is 1.67. The lowest BCUT2D eigenvalue weighted by molar-refractivity contribution is -0.122.